The van der Waals surface area contributed by atoms with E-state index >= 15 is 0 Å². The first-order valence-electron chi connectivity index (χ1n) is 8.13. The molecule has 1 aromatic carbocycles. The number of benzene rings is 1. The minimum absolute atomic E-state index is 0.279. The molecular formula is C18H22N4O3. The summed E-state index contributed by atoms with van der Waals surface area (Å²) in [6, 6.07) is 6.30. The monoisotopic (exact) mass is 342 g/mol. The van der Waals surface area contributed by atoms with Crippen LogP contribution in [0.15, 0.2) is 27.8 Å². The van der Waals surface area contributed by atoms with Crippen LogP contribution in [-0.4, -0.2) is 18.7 Å². The molecule has 132 valence electrons. The van der Waals surface area contributed by atoms with Crippen LogP contribution in [0.25, 0.3) is 11.2 Å². The molecule has 0 unspecified atom stereocenters. The molecule has 0 atom stereocenters. The van der Waals surface area contributed by atoms with Crippen molar-refractivity contribution in [2.45, 2.75) is 26.7 Å². The molecule has 0 spiro atoms. The number of hydrogen-bond donors (Lipinski definition) is 0. The van der Waals surface area contributed by atoms with Crippen molar-refractivity contribution in [2.24, 2.45) is 21.1 Å². The zero-order valence-corrected chi connectivity index (χ0v) is 15.3. The maximum atomic E-state index is 12.5. The average Bonchev–Trinajstić information content (AvgIpc) is 2.87. The highest BCUT2D eigenvalue weighted by molar-refractivity contribution is 5.71. The van der Waals surface area contributed by atoms with E-state index in [9.17, 15) is 9.59 Å². The molecule has 0 N–H and O–H groups in total. The molecule has 0 fully saturated rings. The molecule has 7 heteroatoms. The second kappa shape index (κ2) is 5.91. The molecule has 0 saturated carbocycles. The minimum Gasteiger partial charge on any atom is -0.425 e. The molecule has 0 saturated heterocycles. The third-order valence-electron chi connectivity index (χ3n) is 4.43. The van der Waals surface area contributed by atoms with E-state index in [0.717, 1.165) is 15.7 Å². The van der Waals surface area contributed by atoms with Crippen LogP contribution in [0.5, 0.6) is 11.8 Å². The fourth-order valence-electron chi connectivity index (χ4n) is 2.90. The Balaban J connectivity index is 2.23. The van der Waals surface area contributed by atoms with Crippen molar-refractivity contribution in [1.29, 1.82) is 0 Å². The molecule has 3 rings (SSSR count). The van der Waals surface area contributed by atoms with Gasteiger partial charge in [-0.1, -0.05) is 26.0 Å². The Labute approximate surface area is 145 Å². The quantitative estimate of drug-likeness (QED) is 0.731. The Morgan fingerprint density at radius 3 is 2.36 bits per heavy atom. The zero-order valence-electron chi connectivity index (χ0n) is 15.3. The number of nitrogens with zero attached hydrogens (tertiary/aromatic N) is 4. The molecule has 0 amide bonds. The second-order valence-corrected chi connectivity index (χ2v) is 6.63. The molecule has 0 bridgehead atoms. The summed E-state index contributed by atoms with van der Waals surface area (Å²) in [4.78, 5) is 28.9. The van der Waals surface area contributed by atoms with Crippen LogP contribution in [-0.2, 0) is 21.1 Å². The van der Waals surface area contributed by atoms with Gasteiger partial charge in [-0.2, -0.15) is 4.98 Å². The highest BCUT2D eigenvalue weighted by Gasteiger charge is 2.19. The summed E-state index contributed by atoms with van der Waals surface area (Å²) in [5.41, 5.74) is 1.96. The summed E-state index contributed by atoms with van der Waals surface area (Å²) in [5, 5.41) is 0. The van der Waals surface area contributed by atoms with Crippen LogP contribution in [0, 0.1) is 6.92 Å². The van der Waals surface area contributed by atoms with Crippen molar-refractivity contribution in [1.82, 2.24) is 18.7 Å². The van der Waals surface area contributed by atoms with E-state index in [4.69, 9.17) is 4.74 Å². The Morgan fingerprint density at radius 1 is 1.04 bits per heavy atom. The highest BCUT2D eigenvalue weighted by atomic mass is 16.5. The van der Waals surface area contributed by atoms with E-state index in [-0.39, 0.29) is 11.9 Å². The van der Waals surface area contributed by atoms with Gasteiger partial charge in [0.25, 0.3) is 5.56 Å². The molecule has 0 aliphatic heterocycles. The standard InChI is InChI=1S/C18H22N4O3/c1-10(2)12-8-7-11(3)9-13(12)25-17-19-15-14(20(17)4)16(23)22(6)18(24)21(15)5/h7-10H,1-6H3. The first kappa shape index (κ1) is 17.0. The van der Waals surface area contributed by atoms with E-state index in [2.05, 4.69) is 18.8 Å². The third-order valence-corrected chi connectivity index (χ3v) is 4.43. The van der Waals surface area contributed by atoms with Gasteiger partial charge in [0.2, 0.25) is 0 Å². The number of aryl methyl sites for hydroxylation is 3. The van der Waals surface area contributed by atoms with Crippen LogP contribution in [0.3, 0.4) is 0 Å². The van der Waals surface area contributed by atoms with Crippen LogP contribution in [0.1, 0.15) is 30.9 Å². The second-order valence-electron chi connectivity index (χ2n) is 6.63. The lowest BCUT2D eigenvalue weighted by atomic mass is 10.0. The van der Waals surface area contributed by atoms with Crippen LogP contribution >= 0.6 is 0 Å². The smallest absolute Gasteiger partial charge is 0.332 e. The molecule has 25 heavy (non-hydrogen) atoms. The summed E-state index contributed by atoms with van der Waals surface area (Å²) in [6.45, 7) is 6.17. The topological polar surface area (TPSA) is 71.1 Å². The maximum Gasteiger partial charge on any atom is 0.332 e. The number of hydrogen-bond acceptors (Lipinski definition) is 4. The van der Waals surface area contributed by atoms with E-state index in [1.165, 1.54) is 11.6 Å². The number of aromatic nitrogens is 4. The molecular weight excluding hydrogens is 320 g/mol. The lowest BCUT2D eigenvalue weighted by Gasteiger charge is -2.14. The fraction of sp³-hybridized carbons (Fsp3) is 0.389. The lowest BCUT2D eigenvalue weighted by Crippen LogP contribution is -2.37. The van der Waals surface area contributed by atoms with Gasteiger partial charge < -0.3 is 4.74 Å². The first-order valence-corrected chi connectivity index (χ1v) is 8.13. The van der Waals surface area contributed by atoms with Gasteiger partial charge >= 0.3 is 11.7 Å². The SMILES string of the molecule is Cc1ccc(C(C)C)c(Oc2nc3c(c(=O)n(C)c(=O)n3C)n2C)c1. The Kier molecular flexibility index (Phi) is 4.02. The normalized spacial score (nSPS) is 11.5. The number of ether oxygens (including phenoxy) is 1. The largest absolute Gasteiger partial charge is 0.425 e. The third kappa shape index (κ3) is 2.65. The van der Waals surface area contributed by atoms with Crippen molar-refractivity contribution >= 4 is 11.2 Å². The molecule has 7 nitrogen and oxygen atoms in total. The number of imidazole rings is 1. The molecule has 3 aromatic rings. The van der Waals surface area contributed by atoms with Gasteiger partial charge in [0.1, 0.15) is 5.75 Å². The van der Waals surface area contributed by atoms with Crippen LogP contribution < -0.4 is 16.0 Å². The fourth-order valence-corrected chi connectivity index (χ4v) is 2.90. The maximum absolute atomic E-state index is 12.5. The summed E-state index contributed by atoms with van der Waals surface area (Å²) >= 11 is 0. The van der Waals surface area contributed by atoms with Gasteiger partial charge in [0, 0.05) is 21.1 Å². The van der Waals surface area contributed by atoms with Gasteiger partial charge in [-0.3, -0.25) is 18.5 Å². The summed E-state index contributed by atoms with van der Waals surface area (Å²) in [7, 11) is 4.75. The predicted octanol–water partition coefficient (Wildman–Crippen LogP) is 2.19. The van der Waals surface area contributed by atoms with E-state index in [1.807, 2.05) is 25.1 Å². The Bertz CT molecular complexity index is 1090. The lowest BCUT2D eigenvalue weighted by molar-refractivity contribution is 0.420. The zero-order chi connectivity index (χ0) is 18.5. The molecule has 0 aliphatic rings. The van der Waals surface area contributed by atoms with Gasteiger partial charge in [-0.25, -0.2) is 4.79 Å². The first-order chi connectivity index (χ1) is 11.7. The van der Waals surface area contributed by atoms with E-state index in [0.29, 0.717) is 16.9 Å². The van der Waals surface area contributed by atoms with Crippen molar-refractivity contribution in [2.75, 3.05) is 0 Å². The van der Waals surface area contributed by atoms with Crippen LogP contribution in [0.2, 0.25) is 0 Å². The van der Waals surface area contributed by atoms with Gasteiger partial charge in [-0.05, 0) is 30.0 Å². The minimum atomic E-state index is -0.416. The molecule has 2 aromatic heterocycles. The number of fused-ring (bicyclic) bond motifs is 1. The summed E-state index contributed by atoms with van der Waals surface area (Å²) < 4.78 is 10.1. The van der Waals surface area contributed by atoms with Gasteiger partial charge in [-0.15, -0.1) is 0 Å². The molecule has 2 heterocycles. The molecule has 0 aliphatic carbocycles. The van der Waals surface area contributed by atoms with Gasteiger partial charge in [0.15, 0.2) is 11.2 Å². The molecule has 0 radical (unpaired) electrons. The summed E-state index contributed by atoms with van der Waals surface area (Å²) in [5.74, 6) is 0.984. The van der Waals surface area contributed by atoms with Crippen LogP contribution in [0.4, 0.5) is 0 Å². The summed E-state index contributed by atoms with van der Waals surface area (Å²) in [6.07, 6.45) is 0. The highest BCUT2D eigenvalue weighted by Crippen LogP contribution is 2.31. The predicted molar refractivity (Wildman–Crippen MR) is 96.5 cm³/mol. The van der Waals surface area contributed by atoms with Crippen molar-refractivity contribution < 1.29 is 4.74 Å². The van der Waals surface area contributed by atoms with Crippen molar-refractivity contribution in [3.8, 4) is 11.8 Å². The van der Waals surface area contributed by atoms with Crippen molar-refractivity contribution in [3.63, 3.8) is 0 Å². The Hall–Kier alpha value is -2.83. The average molecular weight is 342 g/mol. The van der Waals surface area contributed by atoms with Crippen molar-refractivity contribution in [3.05, 3.63) is 50.2 Å². The Morgan fingerprint density at radius 2 is 1.72 bits per heavy atom. The van der Waals surface area contributed by atoms with E-state index in [1.54, 1.807) is 18.7 Å². The van der Waals surface area contributed by atoms with Gasteiger partial charge in [0.05, 0.1) is 0 Å². The van der Waals surface area contributed by atoms with E-state index < -0.39 is 11.2 Å². The number of rotatable bonds is 3.